The van der Waals surface area contributed by atoms with Crippen LogP contribution in [-0.2, 0) is 9.53 Å². The molecule has 0 aromatic heterocycles. The van der Waals surface area contributed by atoms with Crippen molar-refractivity contribution in [3.05, 3.63) is 0 Å². The summed E-state index contributed by atoms with van der Waals surface area (Å²) < 4.78 is 5.16. The van der Waals surface area contributed by atoms with E-state index in [9.17, 15) is 4.79 Å². The second-order valence-electron chi connectivity index (χ2n) is 3.02. The highest BCUT2D eigenvalue weighted by atomic mass is 16.5. The van der Waals surface area contributed by atoms with Gasteiger partial charge in [0, 0.05) is 19.1 Å². The lowest BCUT2D eigenvalue weighted by atomic mass is 10.2. The van der Waals surface area contributed by atoms with Crippen LogP contribution in [0.4, 0.5) is 0 Å². The monoisotopic (exact) mass is 188 g/mol. The van der Waals surface area contributed by atoms with Crippen molar-refractivity contribution in [2.45, 2.75) is 32.7 Å². The standard InChI is InChI=1S/C9H20N2O2/c1-3-13-7-8(2)11-9(12)5-4-6-10/h8H,3-7,10H2,1-2H3,(H,11,12). The van der Waals surface area contributed by atoms with E-state index in [4.69, 9.17) is 10.5 Å². The van der Waals surface area contributed by atoms with Gasteiger partial charge in [0.25, 0.3) is 0 Å². The Labute approximate surface area is 79.8 Å². The van der Waals surface area contributed by atoms with Gasteiger partial charge in [-0.3, -0.25) is 4.79 Å². The molecule has 0 saturated heterocycles. The maximum Gasteiger partial charge on any atom is 0.220 e. The van der Waals surface area contributed by atoms with Crippen molar-refractivity contribution in [3.8, 4) is 0 Å². The van der Waals surface area contributed by atoms with E-state index in [0.29, 0.717) is 26.2 Å². The zero-order valence-corrected chi connectivity index (χ0v) is 8.51. The van der Waals surface area contributed by atoms with E-state index in [0.717, 1.165) is 6.42 Å². The van der Waals surface area contributed by atoms with Gasteiger partial charge in [0.1, 0.15) is 0 Å². The minimum atomic E-state index is 0.0534. The van der Waals surface area contributed by atoms with Crippen LogP contribution < -0.4 is 11.1 Å². The SMILES string of the molecule is CCOCC(C)NC(=O)CCCN. The summed E-state index contributed by atoms with van der Waals surface area (Å²) >= 11 is 0. The molecule has 1 atom stereocenters. The van der Waals surface area contributed by atoms with Crippen LogP contribution in [0.15, 0.2) is 0 Å². The first-order valence-electron chi connectivity index (χ1n) is 4.77. The first-order chi connectivity index (χ1) is 6.20. The third kappa shape index (κ3) is 7.74. The molecule has 3 N–H and O–H groups in total. The molecule has 0 bridgehead atoms. The van der Waals surface area contributed by atoms with E-state index in [1.165, 1.54) is 0 Å². The predicted octanol–water partition coefficient (Wildman–Crippen LogP) is 0.267. The Morgan fingerprint density at radius 1 is 1.62 bits per heavy atom. The number of rotatable bonds is 7. The average Bonchev–Trinajstić information content (AvgIpc) is 2.11. The summed E-state index contributed by atoms with van der Waals surface area (Å²) in [5.74, 6) is 0.0534. The smallest absolute Gasteiger partial charge is 0.220 e. The molecule has 0 radical (unpaired) electrons. The number of amides is 1. The van der Waals surface area contributed by atoms with E-state index >= 15 is 0 Å². The summed E-state index contributed by atoms with van der Waals surface area (Å²) in [5.41, 5.74) is 5.28. The van der Waals surface area contributed by atoms with Crippen LogP contribution in [-0.4, -0.2) is 31.7 Å². The van der Waals surface area contributed by atoms with Gasteiger partial charge in [-0.1, -0.05) is 0 Å². The summed E-state index contributed by atoms with van der Waals surface area (Å²) in [6.45, 7) is 5.68. The Balaban J connectivity index is 3.41. The molecule has 0 fully saturated rings. The van der Waals surface area contributed by atoms with Gasteiger partial charge in [0.05, 0.1) is 6.61 Å². The van der Waals surface area contributed by atoms with Crippen LogP contribution in [0.5, 0.6) is 0 Å². The molecule has 4 heteroatoms. The van der Waals surface area contributed by atoms with Crippen molar-refractivity contribution < 1.29 is 9.53 Å². The number of ether oxygens (including phenoxy) is 1. The molecule has 0 heterocycles. The van der Waals surface area contributed by atoms with Gasteiger partial charge >= 0.3 is 0 Å². The van der Waals surface area contributed by atoms with Crippen molar-refractivity contribution in [2.24, 2.45) is 5.73 Å². The highest BCUT2D eigenvalue weighted by Gasteiger charge is 2.05. The first kappa shape index (κ1) is 12.4. The zero-order chi connectivity index (χ0) is 10.1. The fourth-order valence-electron chi connectivity index (χ4n) is 0.946. The van der Waals surface area contributed by atoms with E-state index in [1.807, 2.05) is 13.8 Å². The fraction of sp³-hybridized carbons (Fsp3) is 0.889. The van der Waals surface area contributed by atoms with Crippen molar-refractivity contribution in [2.75, 3.05) is 19.8 Å². The Hall–Kier alpha value is -0.610. The number of nitrogens with one attached hydrogen (secondary N) is 1. The fourth-order valence-corrected chi connectivity index (χ4v) is 0.946. The highest BCUT2D eigenvalue weighted by molar-refractivity contribution is 5.76. The number of carbonyl (C=O) groups excluding carboxylic acids is 1. The lowest BCUT2D eigenvalue weighted by Crippen LogP contribution is -2.35. The normalized spacial score (nSPS) is 12.5. The second kappa shape index (κ2) is 8.01. The maximum absolute atomic E-state index is 11.2. The Morgan fingerprint density at radius 2 is 2.31 bits per heavy atom. The minimum absolute atomic E-state index is 0.0534. The zero-order valence-electron chi connectivity index (χ0n) is 8.51. The molecule has 1 amide bonds. The van der Waals surface area contributed by atoms with Gasteiger partial charge in [-0.05, 0) is 26.8 Å². The molecule has 0 aromatic carbocycles. The highest BCUT2D eigenvalue weighted by Crippen LogP contribution is 1.89. The number of carbonyl (C=O) groups is 1. The Morgan fingerprint density at radius 3 is 2.85 bits per heavy atom. The molecule has 4 nitrogen and oxygen atoms in total. The Kier molecular flexibility index (Phi) is 7.63. The van der Waals surface area contributed by atoms with Crippen molar-refractivity contribution in [3.63, 3.8) is 0 Å². The van der Waals surface area contributed by atoms with Crippen LogP contribution in [0.3, 0.4) is 0 Å². The largest absolute Gasteiger partial charge is 0.380 e. The van der Waals surface area contributed by atoms with E-state index in [1.54, 1.807) is 0 Å². The molecule has 0 rings (SSSR count). The van der Waals surface area contributed by atoms with Gasteiger partial charge in [-0.2, -0.15) is 0 Å². The molecule has 0 spiro atoms. The third-order valence-corrected chi connectivity index (χ3v) is 1.59. The topological polar surface area (TPSA) is 64.3 Å². The summed E-state index contributed by atoms with van der Waals surface area (Å²) in [7, 11) is 0. The van der Waals surface area contributed by atoms with Gasteiger partial charge in [-0.15, -0.1) is 0 Å². The number of hydrogen-bond acceptors (Lipinski definition) is 3. The molecule has 78 valence electrons. The molecule has 1 unspecified atom stereocenters. The van der Waals surface area contributed by atoms with Crippen LogP contribution in [0, 0.1) is 0 Å². The molecule has 0 aliphatic rings. The molecular weight excluding hydrogens is 168 g/mol. The average molecular weight is 188 g/mol. The summed E-state index contributed by atoms with van der Waals surface area (Å²) in [6, 6.07) is 0.0882. The van der Waals surface area contributed by atoms with Crippen molar-refractivity contribution >= 4 is 5.91 Å². The van der Waals surface area contributed by atoms with Crippen molar-refractivity contribution in [1.29, 1.82) is 0 Å². The molecule has 0 saturated carbocycles. The van der Waals surface area contributed by atoms with E-state index in [-0.39, 0.29) is 11.9 Å². The molecule has 13 heavy (non-hydrogen) atoms. The van der Waals surface area contributed by atoms with Gasteiger partial charge in [0.15, 0.2) is 0 Å². The van der Waals surface area contributed by atoms with Crippen LogP contribution in [0.1, 0.15) is 26.7 Å². The van der Waals surface area contributed by atoms with Crippen molar-refractivity contribution in [1.82, 2.24) is 5.32 Å². The first-order valence-corrected chi connectivity index (χ1v) is 4.77. The number of nitrogens with two attached hydrogens (primary N) is 1. The second-order valence-corrected chi connectivity index (χ2v) is 3.02. The minimum Gasteiger partial charge on any atom is -0.380 e. The van der Waals surface area contributed by atoms with Crippen LogP contribution in [0.2, 0.25) is 0 Å². The number of hydrogen-bond donors (Lipinski definition) is 2. The van der Waals surface area contributed by atoms with E-state index < -0.39 is 0 Å². The van der Waals surface area contributed by atoms with Gasteiger partial charge < -0.3 is 15.8 Å². The Bertz CT molecular complexity index is 140. The lowest BCUT2D eigenvalue weighted by molar-refractivity contribution is -0.122. The van der Waals surface area contributed by atoms with Gasteiger partial charge in [-0.25, -0.2) is 0 Å². The van der Waals surface area contributed by atoms with Gasteiger partial charge in [0.2, 0.25) is 5.91 Å². The maximum atomic E-state index is 11.2. The molecular formula is C9H20N2O2. The molecule has 0 aliphatic carbocycles. The van der Waals surface area contributed by atoms with Crippen LogP contribution in [0.25, 0.3) is 0 Å². The van der Waals surface area contributed by atoms with Crippen LogP contribution >= 0.6 is 0 Å². The summed E-state index contributed by atoms with van der Waals surface area (Å²) in [6.07, 6.45) is 1.25. The third-order valence-electron chi connectivity index (χ3n) is 1.59. The lowest BCUT2D eigenvalue weighted by Gasteiger charge is -2.13. The molecule has 0 aromatic rings. The summed E-state index contributed by atoms with van der Waals surface area (Å²) in [4.78, 5) is 11.2. The summed E-state index contributed by atoms with van der Waals surface area (Å²) in [5, 5.41) is 2.83. The predicted molar refractivity (Wildman–Crippen MR) is 52.4 cm³/mol. The molecule has 0 aliphatic heterocycles. The van der Waals surface area contributed by atoms with E-state index in [2.05, 4.69) is 5.32 Å². The quantitative estimate of drug-likeness (QED) is 0.602.